The minimum absolute atomic E-state index is 0.0450. The molecular weight excluding hydrogens is 246 g/mol. The van der Waals surface area contributed by atoms with Crippen LogP contribution >= 0.6 is 0 Å². The van der Waals surface area contributed by atoms with Crippen molar-refractivity contribution in [1.82, 2.24) is 10.3 Å². The third-order valence-corrected chi connectivity index (χ3v) is 2.43. The smallest absolute Gasteiger partial charge is 0.276 e. The van der Waals surface area contributed by atoms with Crippen LogP contribution in [0.15, 0.2) is 42.6 Å². The SMILES string of the molecule is CNCc1cccc(Oc2cc([N+](=O)[O-])ccn2)c1. The van der Waals surface area contributed by atoms with E-state index in [4.69, 9.17) is 4.74 Å². The Balaban J connectivity index is 2.18. The van der Waals surface area contributed by atoms with Crippen molar-refractivity contribution in [3.63, 3.8) is 0 Å². The summed E-state index contributed by atoms with van der Waals surface area (Å²) in [6.45, 7) is 0.722. The molecule has 0 fully saturated rings. The Hall–Kier alpha value is -2.47. The second-order valence-corrected chi connectivity index (χ2v) is 3.89. The van der Waals surface area contributed by atoms with E-state index in [2.05, 4.69) is 10.3 Å². The highest BCUT2D eigenvalue weighted by Crippen LogP contribution is 2.23. The third-order valence-electron chi connectivity index (χ3n) is 2.43. The molecule has 1 aromatic heterocycles. The number of hydrogen-bond donors (Lipinski definition) is 1. The molecule has 0 unspecified atom stereocenters. The van der Waals surface area contributed by atoms with Gasteiger partial charge in [-0.3, -0.25) is 10.1 Å². The van der Waals surface area contributed by atoms with Crippen molar-refractivity contribution in [1.29, 1.82) is 0 Å². The Morgan fingerprint density at radius 2 is 2.21 bits per heavy atom. The molecule has 2 rings (SSSR count). The first-order valence-corrected chi connectivity index (χ1v) is 5.71. The zero-order valence-corrected chi connectivity index (χ0v) is 10.4. The number of nitro groups is 1. The van der Waals surface area contributed by atoms with Gasteiger partial charge in [0.2, 0.25) is 5.88 Å². The molecule has 1 aromatic carbocycles. The van der Waals surface area contributed by atoms with Gasteiger partial charge in [0.15, 0.2) is 0 Å². The van der Waals surface area contributed by atoms with Crippen LogP contribution in [0.4, 0.5) is 5.69 Å². The fraction of sp³-hybridized carbons (Fsp3) is 0.154. The van der Waals surface area contributed by atoms with E-state index in [1.54, 1.807) is 6.07 Å². The van der Waals surface area contributed by atoms with Gasteiger partial charge >= 0.3 is 0 Å². The number of ether oxygens (including phenoxy) is 1. The van der Waals surface area contributed by atoms with Crippen LogP contribution in [0.1, 0.15) is 5.56 Å². The zero-order chi connectivity index (χ0) is 13.7. The molecule has 0 saturated carbocycles. The van der Waals surface area contributed by atoms with Crippen molar-refractivity contribution in [2.75, 3.05) is 7.05 Å². The summed E-state index contributed by atoms with van der Waals surface area (Å²) in [6.07, 6.45) is 1.35. The second kappa shape index (κ2) is 5.92. The fourth-order valence-corrected chi connectivity index (χ4v) is 1.61. The van der Waals surface area contributed by atoms with Crippen molar-refractivity contribution in [2.45, 2.75) is 6.54 Å². The number of hydrogen-bond acceptors (Lipinski definition) is 5. The molecule has 0 saturated heterocycles. The first-order chi connectivity index (χ1) is 9.19. The summed E-state index contributed by atoms with van der Waals surface area (Å²) in [6, 6.07) is 10.1. The van der Waals surface area contributed by atoms with Crippen LogP contribution < -0.4 is 10.1 Å². The molecule has 0 aliphatic carbocycles. The highest BCUT2D eigenvalue weighted by Gasteiger charge is 2.08. The number of rotatable bonds is 5. The predicted molar refractivity (Wildman–Crippen MR) is 70.2 cm³/mol. The molecule has 1 heterocycles. The van der Waals surface area contributed by atoms with E-state index in [0.717, 1.165) is 12.1 Å². The van der Waals surface area contributed by atoms with E-state index in [-0.39, 0.29) is 11.6 Å². The molecule has 0 radical (unpaired) electrons. The van der Waals surface area contributed by atoms with Crippen molar-refractivity contribution >= 4 is 5.69 Å². The molecule has 0 aliphatic rings. The standard InChI is InChI=1S/C13H13N3O3/c1-14-9-10-3-2-4-12(7-10)19-13-8-11(16(17)18)5-6-15-13/h2-8,14H,9H2,1H3. The maximum Gasteiger partial charge on any atom is 0.276 e. The summed E-state index contributed by atoms with van der Waals surface area (Å²) >= 11 is 0. The van der Waals surface area contributed by atoms with Crippen LogP contribution in [0.2, 0.25) is 0 Å². The van der Waals surface area contributed by atoms with E-state index >= 15 is 0 Å². The maximum absolute atomic E-state index is 10.7. The van der Waals surface area contributed by atoms with Gasteiger partial charge in [-0.25, -0.2) is 4.98 Å². The van der Waals surface area contributed by atoms with Gasteiger partial charge in [-0.05, 0) is 24.7 Å². The molecule has 6 nitrogen and oxygen atoms in total. The summed E-state index contributed by atoms with van der Waals surface area (Å²) in [5.41, 5.74) is 1.02. The highest BCUT2D eigenvalue weighted by atomic mass is 16.6. The van der Waals surface area contributed by atoms with Crippen molar-refractivity contribution in [3.05, 3.63) is 58.3 Å². The zero-order valence-electron chi connectivity index (χ0n) is 10.4. The monoisotopic (exact) mass is 259 g/mol. The molecule has 98 valence electrons. The van der Waals surface area contributed by atoms with E-state index in [1.165, 1.54) is 18.3 Å². The number of pyridine rings is 1. The lowest BCUT2D eigenvalue weighted by molar-refractivity contribution is -0.385. The molecule has 0 spiro atoms. The van der Waals surface area contributed by atoms with E-state index in [9.17, 15) is 10.1 Å². The van der Waals surface area contributed by atoms with E-state index < -0.39 is 4.92 Å². The van der Waals surface area contributed by atoms with Gasteiger partial charge in [-0.1, -0.05) is 12.1 Å². The Morgan fingerprint density at radius 1 is 1.37 bits per heavy atom. The number of nitrogens with zero attached hydrogens (tertiary/aromatic N) is 2. The minimum Gasteiger partial charge on any atom is -0.439 e. The maximum atomic E-state index is 10.7. The molecule has 6 heteroatoms. The van der Waals surface area contributed by atoms with Crippen LogP contribution in [0.25, 0.3) is 0 Å². The first-order valence-electron chi connectivity index (χ1n) is 5.71. The van der Waals surface area contributed by atoms with Crippen LogP contribution in [-0.2, 0) is 6.54 Å². The minimum atomic E-state index is -0.480. The molecule has 2 aromatic rings. The molecule has 1 N–H and O–H groups in total. The Kier molecular flexibility index (Phi) is 4.04. The summed E-state index contributed by atoms with van der Waals surface area (Å²) in [4.78, 5) is 14.1. The highest BCUT2D eigenvalue weighted by molar-refractivity contribution is 5.36. The molecule has 0 atom stereocenters. The van der Waals surface area contributed by atoms with Crippen molar-refractivity contribution < 1.29 is 9.66 Å². The number of nitrogens with one attached hydrogen (secondary N) is 1. The van der Waals surface area contributed by atoms with Crippen molar-refractivity contribution in [3.8, 4) is 11.6 Å². The van der Waals surface area contributed by atoms with E-state index in [1.807, 2.05) is 25.2 Å². The topological polar surface area (TPSA) is 77.3 Å². The molecule has 0 amide bonds. The van der Waals surface area contributed by atoms with Gasteiger partial charge in [-0.15, -0.1) is 0 Å². The molecule has 0 aliphatic heterocycles. The Morgan fingerprint density at radius 3 is 2.95 bits per heavy atom. The largest absolute Gasteiger partial charge is 0.439 e. The molecule has 19 heavy (non-hydrogen) atoms. The lowest BCUT2D eigenvalue weighted by atomic mass is 10.2. The predicted octanol–water partition coefficient (Wildman–Crippen LogP) is 2.50. The Labute approximate surface area is 110 Å². The number of benzene rings is 1. The first kappa shape index (κ1) is 13.0. The van der Waals surface area contributed by atoms with Crippen LogP contribution in [0, 0.1) is 10.1 Å². The average Bonchev–Trinajstić information content (AvgIpc) is 2.40. The van der Waals surface area contributed by atoms with Gasteiger partial charge in [0.05, 0.1) is 11.0 Å². The lowest BCUT2D eigenvalue weighted by Gasteiger charge is -2.06. The molecular formula is C13H13N3O3. The van der Waals surface area contributed by atoms with Gasteiger partial charge in [0.1, 0.15) is 5.75 Å². The van der Waals surface area contributed by atoms with Gasteiger partial charge in [0.25, 0.3) is 5.69 Å². The summed E-state index contributed by atoms with van der Waals surface area (Å²) in [5, 5.41) is 13.7. The van der Waals surface area contributed by atoms with Crippen molar-refractivity contribution in [2.24, 2.45) is 0 Å². The van der Waals surface area contributed by atoms with E-state index in [0.29, 0.717) is 5.75 Å². The summed E-state index contributed by atoms with van der Waals surface area (Å²) in [5.74, 6) is 0.802. The lowest BCUT2D eigenvalue weighted by Crippen LogP contribution is -2.04. The Bertz CT molecular complexity index is 587. The third kappa shape index (κ3) is 3.49. The fourth-order valence-electron chi connectivity index (χ4n) is 1.61. The quantitative estimate of drug-likeness (QED) is 0.659. The normalized spacial score (nSPS) is 10.2. The van der Waals surface area contributed by atoms with Crippen LogP contribution in [0.3, 0.4) is 0 Å². The molecule has 0 bridgehead atoms. The van der Waals surface area contributed by atoms with Gasteiger partial charge < -0.3 is 10.1 Å². The van der Waals surface area contributed by atoms with Crippen LogP contribution in [0.5, 0.6) is 11.6 Å². The summed E-state index contributed by atoms with van der Waals surface area (Å²) < 4.78 is 5.51. The second-order valence-electron chi connectivity index (χ2n) is 3.89. The van der Waals surface area contributed by atoms with Gasteiger partial charge in [0, 0.05) is 18.8 Å². The van der Waals surface area contributed by atoms with Gasteiger partial charge in [-0.2, -0.15) is 0 Å². The average molecular weight is 259 g/mol. The summed E-state index contributed by atoms with van der Waals surface area (Å²) in [7, 11) is 1.86. The number of aromatic nitrogens is 1. The van der Waals surface area contributed by atoms with Crippen LogP contribution in [-0.4, -0.2) is 17.0 Å².